The fourth-order valence-electron chi connectivity index (χ4n) is 1.65. The first-order valence-electron chi connectivity index (χ1n) is 5.75. The zero-order valence-electron chi connectivity index (χ0n) is 11.2. The van der Waals surface area contributed by atoms with E-state index in [0.717, 1.165) is 0 Å². The number of aliphatic hydroxyl groups excluding tert-OH is 1. The number of aliphatic hydroxyl groups is 1. The van der Waals surface area contributed by atoms with E-state index in [1.807, 2.05) is 0 Å². The molecule has 0 aliphatic heterocycles. The van der Waals surface area contributed by atoms with Gasteiger partial charge in [0.25, 0.3) is 5.91 Å². The van der Waals surface area contributed by atoms with E-state index in [2.05, 4.69) is 15.9 Å². The molecule has 5 nitrogen and oxygen atoms in total. The van der Waals surface area contributed by atoms with Crippen LogP contribution in [0.25, 0.3) is 0 Å². The number of carbonyl (C=O) groups excluding carboxylic acids is 1. The van der Waals surface area contributed by atoms with Crippen molar-refractivity contribution in [2.75, 3.05) is 34.4 Å². The first-order valence-corrected chi connectivity index (χ1v) is 6.55. The van der Waals surface area contributed by atoms with E-state index < -0.39 is 6.10 Å². The van der Waals surface area contributed by atoms with Crippen molar-refractivity contribution in [2.45, 2.75) is 6.10 Å². The SMILES string of the molecule is COCC(O)CN(C)C(=O)c1cc(OC)ccc1Br. The summed E-state index contributed by atoms with van der Waals surface area (Å²) in [4.78, 5) is 13.7. The third-order valence-electron chi connectivity index (χ3n) is 2.59. The number of likely N-dealkylation sites (N-methyl/N-ethyl adjacent to an activating group) is 1. The monoisotopic (exact) mass is 331 g/mol. The number of ether oxygens (including phenoxy) is 2. The van der Waals surface area contributed by atoms with Gasteiger partial charge in [0.1, 0.15) is 5.75 Å². The quantitative estimate of drug-likeness (QED) is 0.858. The lowest BCUT2D eigenvalue weighted by Crippen LogP contribution is -2.36. The van der Waals surface area contributed by atoms with Gasteiger partial charge < -0.3 is 19.5 Å². The predicted octanol–water partition coefficient (Wildman–Crippen LogP) is 1.54. The van der Waals surface area contributed by atoms with Gasteiger partial charge in [0, 0.05) is 25.2 Å². The van der Waals surface area contributed by atoms with Gasteiger partial charge in [0.2, 0.25) is 0 Å². The average molecular weight is 332 g/mol. The molecule has 0 saturated heterocycles. The maximum absolute atomic E-state index is 12.3. The first kappa shape index (κ1) is 15.9. The molecule has 0 bridgehead atoms. The summed E-state index contributed by atoms with van der Waals surface area (Å²) in [5.41, 5.74) is 0.492. The molecule has 0 aliphatic rings. The van der Waals surface area contributed by atoms with Crippen LogP contribution in [0.3, 0.4) is 0 Å². The van der Waals surface area contributed by atoms with Crippen molar-refractivity contribution in [1.29, 1.82) is 0 Å². The molecule has 0 aliphatic carbocycles. The van der Waals surface area contributed by atoms with Gasteiger partial charge in [0.15, 0.2) is 0 Å². The van der Waals surface area contributed by atoms with Crippen LogP contribution in [0.15, 0.2) is 22.7 Å². The molecule has 1 N–H and O–H groups in total. The maximum atomic E-state index is 12.3. The zero-order chi connectivity index (χ0) is 14.4. The van der Waals surface area contributed by atoms with Crippen LogP contribution in [-0.2, 0) is 4.74 Å². The Kier molecular flexibility index (Phi) is 6.27. The number of halogens is 1. The second kappa shape index (κ2) is 7.47. The molecule has 0 aromatic heterocycles. The molecule has 1 aromatic rings. The Hall–Kier alpha value is -1.11. The van der Waals surface area contributed by atoms with Crippen LogP contribution in [0.1, 0.15) is 10.4 Å². The number of benzene rings is 1. The van der Waals surface area contributed by atoms with Crippen LogP contribution >= 0.6 is 15.9 Å². The van der Waals surface area contributed by atoms with Gasteiger partial charge in [-0.2, -0.15) is 0 Å². The zero-order valence-corrected chi connectivity index (χ0v) is 12.8. The number of rotatable bonds is 6. The number of carbonyl (C=O) groups is 1. The minimum atomic E-state index is -0.705. The van der Waals surface area contributed by atoms with Crippen molar-refractivity contribution in [3.8, 4) is 5.75 Å². The second-order valence-corrected chi connectivity index (χ2v) is 4.99. The number of nitrogens with zero attached hydrogens (tertiary/aromatic N) is 1. The number of hydrogen-bond donors (Lipinski definition) is 1. The third kappa shape index (κ3) is 4.49. The van der Waals surface area contributed by atoms with E-state index in [1.54, 1.807) is 32.4 Å². The second-order valence-electron chi connectivity index (χ2n) is 4.14. The normalized spacial score (nSPS) is 12.1. The summed E-state index contributed by atoms with van der Waals surface area (Å²) in [5.74, 6) is 0.415. The Morgan fingerprint density at radius 2 is 2.16 bits per heavy atom. The summed E-state index contributed by atoms with van der Waals surface area (Å²) in [5, 5.41) is 9.63. The Morgan fingerprint density at radius 3 is 2.74 bits per heavy atom. The smallest absolute Gasteiger partial charge is 0.254 e. The highest BCUT2D eigenvalue weighted by atomic mass is 79.9. The fourth-order valence-corrected chi connectivity index (χ4v) is 2.06. The minimum Gasteiger partial charge on any atom is -0.497 e. The van der Waals surface area contributed by atoms with Gasteiger partial charge in [-0.25, -0.2) is 0 Å². The van der Waals surface area contributed by atoms with Crippen LogP contribution in [0, 0.1) is 0 Å². The molecule has 1 aromatic carbocycles. The first-order chi connectivity index (χ1) is 8.99. The van der Waals surface area contributed by atoms with E-state index >= 15 is 0 Å². The van der Waals surface area contributed by atoms with Crippen molar-refractivity contribution in [1.82, 2.24) is 4.90 Å². The molecule has 0 fully saturated rings. The van der Waals surface area contributed by atoms with E-state index in [1.165, 1.54) is 12.0 Å². The highest BCUT2D eigenvalue weighted by molar-refractivity contribution is 9.10. The molecule has 1 atom stereocenters. The highest BCUT2D eigenvalue weighted by Gasteiger charge is 2.18. The van der Waals surface area contributed by atoms with Crippen molar-refractivity contribution in [3.05, 3.63) is 28.2 Å². The largest absolute Gasteiger partial charge is 0.497 e. The van der Waals surface area contributed by atoms with E-state index in [9.17, 15) is 9.90 Å². The topological polar surface area (TPSA) is 59.0 Å². The van der Waals surface area contributed by atoms with Crippen LogP contribution in [0.2, 0.25) is 0 Å². The number of amides is 1. The van der Waals surface area contributed by atoms with Crippen LogP contribution < -0.4 is 4.74 Å². The molecular weight excluding hydrogens is 314 g/mol. The molecule has 0 heterocycles. The maximum Gasteiger partial charge on any atom is 0.254 e. The lowest BCUT2D eigenvalue weighted by molar-refractivity contribution is 0.0380. The number of methoxy groups -OCH3 is 2. The number of hydrogen-bond acceptors (Lipinski definition) is 4. The Bertz CT molecular complexity index is 439. The molecule has 6 heteroatoms. The Balaban J connectivity index is 2.81. The average Bonchev–Trinajstić information content (AvgIpc) is 2.38. The highest BCUT2D eigenvalue weighted by Crippen LogP contribution is 2.23. The summed E-state index contributed by atoms with van der Waals surface area (Å²) in [7, 11) is 4.68. The molecule has 0 spiro atoms. The van der Waals surface area contributed by atoms with E-state index in [0.29, 0.717) is 15.8 Å². The van der Waals surface area contributed by atoms with Crippen LogP contribution in [0.5, 0.6) is 5.75 Å². The Labute approximate surface area is 121 Å². The molecule has 1 amide bonds. The molecule has 0 saturated carbocycles. The van der Waals surface area contributed by atoms with Gasteiger partial charge in [-0.3, -0.25) is 4.79 Å². The molecule has 19 heavy (non-hydrogen) atoms. The third-order valence-corrected chi connectivity index (χ3v) is 3.29. The van der Waals surface area contributed by atoms with E-state index in [4.69, 9.17) is 9.47 Å². The lowest BCUT2D eigenvalue weighted by atomic mass is 10.2. The van der Waals surface area contributed by atoms with Gasteiger partial charge in [-0.15, -0.1) is 0 Å². The van der Waals surface area contributed by atoms with Gasteiger partial charge in [-0.1, -0.05) is 0 Å². The molecule has 0 radical (unpaired) electrons. The van der Waals surface area contributed by atoms with Crippen molar-refractivity contribution in [2.24, 2.45) is 0 Å². The van der Waals surface area contributed by atoms with Crippen molar-refractivity contribution >= 4 is 21.8 Å². The van der Waals surface area contributed by atoms with Gasteiger partial charge >= 0.3 is 0 Å². The van der Waals surface area contributed by atoms with E-state index in [-0.39, 0.29) is 19.1 Å². The van der Waals surface area contributed by atoms with Crippen molar-refractivity contribution in [3.63, 3.8) is 0 Å². The van der Waals surface area contributed by atoms with Crippen LogP contribution in [-0.4, -0.2) is 56.4 Å². The van der Waals surface area contributed by atoms with Gasteiger partial charge in [-0.05, 0) is 34.1 Å². The summed E-state index contributed by atoms with van der Waals surface area (Å²) in [6, 6.07) is 5.18. The summed E-state index contributed by atoms with van der Waals surface area (Å²) >= 11 is 3.34. The summed E-state index contributed by atoms with van der Waals surface area (Å²) < 4.78 is 10.6. The molecule has 1 rings (SSSR count). The molecular formula is C13H18BrNO4. The summed E-state index contributed by atoms with van der Waals surface area (Å²) in [6.45, 7) is 0.396. The summed E-state index contributed by atoms with van der Waals surface area (Å²) in [6.07, 6.45) is -0.705. The Morgan fingerprint density at radius 1 is 1.47 bits per heavy atom. The standard InChI is InChI=1S/C13H18BrNO4/c1-15(7-9(16)8-18-2)13(17)11-6-10(19-3)4-5-12(11)14/h4-6,9,16H,7-8H2,1-3H3. The fraction of sp³-hybridized carbons (Fsp3) is 0.462. The molecule has 106 valence electrons. The van der Waals surface area contributed by atoms with Crippen LogP contribution in [0.4, 0.5) is 0 Å². The van der Waals surface area contributed by atoms with Crippen molar-refractivity contribution < 1.29 is 19.4 Å². The predicted molar refractivity (Wildman–Crippen MR) is 75.5 cm³/mol. The minimum absolute atomic E-state index is 0.191. The van der Waals surface area contributed by atoms with Gasteiger partial charge in [0.05, 0.1) is 25.4 Å². The molecule has 1 unspecified atom stereocenters. The lowest BCUT2D eigenvalue weighted by Gasteiger charge is -2.21.